The van der Waals surface area contributed by atoms with Crippen LogP contribution in [0.4, 0.5) is 0 Å². The maximum absolute atomic E-state index is 10.5. The second-order valence-corrected chi connectivity index (χ2v) is 6.96. The quantitative estimate of drug-likeness (QED) is 0.831. The van der Waals surface area contributed by atoms with Crippen LogP contribution in [0.2, 0.25) is 0 Å². The lowest BCUT2D eigenvalue weighted by Crippen LogP contribution is -2.22. The van der Waals surface area contributed by atoms with Crippen LogP contribution in [0.3, 0.4) is 0 Å². The Kier molecular flexibility index (Phi) is 5.04. The monoisotopic (exact) mass is 301 g/mol. The minimum atomic E-state index is -0.224. The minimum Gasteiger partial charge on any atom is -0.392 e. The van der Waals surface area contributed by atoms with Crippen LogP contribution in [-0.2, 0) is 6.42 Å². The summed E-state index contributed by atoms with van der Waals surface area (Å²) in [5.41, 5.74) is 2.19. The highest BCUT2D eigenvalue weighted by atomic mass is 32.1. The van der Waals surface area contributed by atoms with Crippen molar-refractivity contribution in [3.05, 3.63) is 40.7 Å². The second kappa shape index (κ2) is 7.19. The van der Waals surface area contributed by atoms with E-state index in [4.69, 9.17) is 4.98 Å². The summed E-state index contributed by atoms with van der Waals surface area (Å²) in [5, 5.41) is 13.7. The van der Waals surface area contributed by atoms with E-state index in [-0.39, 0.29) is 6.10 Å². The Morgan fingerprint density at radius 2 is 1.81 bits per heavy atom. The predicted octanol–water partition coefficient (Wildman–Crippen LogP) is 4.68. The van der Waals surface area contributed by atoms with E-state index in [1.807, 2.05) is 18.2 Å². The lowest BCUT2D eigenvalue weighted by Gasteiger charge is -2.20. The first-order valence-electron chi connectivity index (χ1n) is 8.01. The van der Waals surface area contributed by atoms with E-state index in [2.05, 4.69) is 17.5 Å². The van der Waals surface area contributed by atoms with E-state index in [1.165, 1.54) is 38.5 Å². The van der Waals surface area contributed by atoms with Gasteiger partial charge in [-0.1, -0.05) is 56.0 Å². The van der Waals surface area contributed by atoms with Crippen molar-refractivity contribution >= 4 is 11.3 Å². The standard InChI is InChI=1S/C18H23NOS/c20-17(15-10-4-1-2-5-11-15)12-18-19-16(13-21-18)14-8-6-3-7-9-14/h3,6-9,13,15,17,20H,1-2,4-5,10-12H2. The molecule has 21 heavy (non-hydrogen) atoms. The van der Waals surface area contributed by atoms with Gasteiger partial charge in [-0.05, 0) is 18.8 Å². The van der Waals surface area contributed by atoms with Crippen LogP contribution in [0.25, 0.3) is 11.3 Å². The highest BCUT2D eigenvalue weighted by Gasteiger charge is 2.22. The molecule has 1 N–H and O–H groups in total. The van der Waals surface area contributed by atoms with Gasteiger partial charge in [0.2, 0.25) is 0 Å². The second-order valence-electron chi connectivity index (χ2n) is 6.02. The third-order valence-corrected chi connectivity index (χ3v) is 5.32. The topological polar surface area (TPSA) is 33.1 Å². The van der Waals surface area contributed by atoms with Crippen molar-refractivity contribution in [2.24, 2.45) is 5.92 Å². The van der Waals surface area contributed by atoms with Crippen molar-refractivity contribution in [1.29, 1.82) is 0 Å². The van der Waals surface area contributed by atoms with Crippen molar-refractivity contribution in [2.45, 2.75) is 51.0 Å². The molecule has 1 aromatic heterocycles. The van der Waals surface area contributed by atoms with Crippen LogP contribution in [0.1, 0.15) is 43.5 Å². The minimum absolute atomic E-state index is 0.224. The molecular weight excluding hydrogens is 278 g/mol. The van der Waals surface area contributed by atoms with E-state index >= 15 is 0 Å². The maximum Gasteiger partial charge on any atom is 0.0958 e. The summed E-state index contributed by atoms with van der Waals surface area (Å²) < 4.78 is 0. The average Bonchev–Trinajstić information content (AvgIpc) is 2.81. The molecule has 1 aliphatic carbocycles. The summed E-state index contributed by atoms with van der Waals surface area (Å²) >= 11 is 1.67. The normalized spacial score (nSPS) is 18.3. The predicted molar refractivity (Wildman–Crippen MR) is 88.5 cm³/mol. The molecule has 1 aliphatic rings. The fourth-order valence-electron chi connectivity index (χ4n) is 3.19. The van der Waals surface area contributed by atoms with Gasteiger partial charge >= 0.3 is 0 Å². The number of thiazole rings is 1. The lowest BCUT2D eigenvalue weighted by atomic mass is 9.92. The van der Waals surface area contributed by atoms with Crippen molar-refractivity contribution in [1.82, 2.24) is 4.98 Å². The number of aliphatic hydroxyl groups is 1. The largest absolute Gasteiger partial charge is 0.392 e. The van der Waals surface area contributed by atoms with Gasteiger partial charge < -0.3 is 5.11 Å². The molecule has 0 bridgehead atoms. The number of nitrogens with zero attached hydrogens (tertiary/aromatic N) is 1. The van der Waals surface area contributed by atoms with E-state index in [9.17, 15) is 5.11 Å². The van der Waals surface area contributed by atoms with Crippen LogP contribution in [0, 0.1) is 5.92 Å². The zero-order valence-electron chi connectivity index (χ0n) is 12.4. The molecule has 2 nitrogen and oxygen atoms in total. The number of aliphatic hydroxyl groups excluding tert-OH is 1. The first kappa shape index (κ1) is 14.7. The molecule has 1 fully saturated rings. The molecule has 0 amide bonds. The molecule has 0 saturated heterocycles. The van der Waals surface area contributed by atoms with Crippen LogP contribution in [0.5, 0.6) is 0 Å². The van der Waals surface area contributed by atoms with E-state index in [1.54, 1.807) is 11.3 Å². The third kappa shape index (κ3) is 3.92. The van der Waals surface area contributed by atoms with Crippen LogP contribution in [0.15, 0.2) is 35.7 Å². The molecule has 112 valence electrons. The molecule has 1 aromatic carbocycles. The molecule has 1 atom stereocenters. The van der Waals surface area contributed by atoms with Crippen molar-refractivity contribution in [2.75, 3.05) is 0 Å². The Bertz CT molecular complexity index is 543. The highest BCUT2D eigenvalue weighted by Crippen LogP contribution is 2.28. The molecule has 0 radical (unpaired) electrons. The van der Waals surface area contributed by atoms with Crippen molar-refractivity contribution in [3.8, 4) is 11.3 Å². The van der Waals surface area contributed by atoms with Gasteiger partial charge in [-0.3, -0.25) is 0 Å². The number of hydrogen-bond donors (Lipinski definition) is 1. The van der Waals surface area contributed by atoms with Gasteiger partial charge in [0.1, 0.15) is 0 Å². The van der Waals surface area contributed by atoms with Crippen LogP contribution < -0.4 is 0 Å². The first-order valence-corrected chi connectivity index (χ1v) is 8.89. The molecule has 1 saturated carbocycles. The SMILES string of the molecule is OC(Cc1nc(-c2ccccc2)cs1)C1CCCCCC1. The highest BCUT2D eigenvalue weighted by molar-refractivity contribution is 7.09. The summed E-state index contributed by atoms with van der Waals surface area (Å²) in [6, 6.07) is 10.3. The van der Waals surface area contributed by atoms with Gasteiger partial charge in [0.15, 0.2) is 0 Å². The summed E-state index contributed by atoms with van der Waals surface area (Å²) in [7, 11) is 0. The molecule has 1 heterocycles. The van der Waals surface area contributed by atoms with Gasteiger partial charge in [-0.25, -0.2) is 4.98 Å². The number of hydrogen-bond acceptors (Lipinski definition) is 3. The summed E-state index contributed by atoms with van der Waals surface area (Å²) in [6.45, 7) is 0. The number of rotatable bonds is 4. The zero-order chi connectivity index (χ0) is 14.5. The number of benzene rings is 1. The summed E-state index contributed by atoms with van der Waals surface area (Å²) in [5.74, 6) is 0.469. The van der Waals surface area contributed by atoms with Crippen molar-refractivity contribution < 1.29 is 5.11 Å². The van der Waals surface area contributed by atoms with E-state index in [0.717, 1.165) is 16.3 Å². The Balaban J connectivity index is 1.64. The van der Waals surface area contributed by atoms with Crippen LogP contribution >= 0.6 is 11.3 Å². The van der Waals surface area contributed by atoms with Gasteiger partial charge in [0.25, 0.3) is 0 Å². The molecular formula is C18H23NOS. The molecule has 3 heteroatoms. The molecule has 0 spiro atoms. The zero-order valence-corrected chi connectivity index (χ0v) is 13.2. The molecule has 2 aromatic rings. The first-order chi connectivity index (χ1) is 10.3. The van der Waals surface area contributed by atoms with Crippen LogP contribution in [-0.4, -0.2) is 16.2 Å². The lowest BCUT2D eigenvalue weighted by molar-refractivity contribution is 0.0986. The molecule has 0 aliphatic heterocycles. The number of aromatic nitrogens is 1. The van der Waals surface area contributed by atoms with E-state index < -0.39 is 0 Å². The molecule has 1 unspecified atom stereocenters. The Morgan fingerprint density at radius 3 is 2.52 bits per heavy atom. The van der Waals surface area contributed by atoms with Gasteiger partial charge in [-0.15, -0.1) is 11.3 Å². The Labute approximate surface area is 130 Å². The van der Waals surface area contributed by atoms with Gasteiger partial charge in [0.05, 0.1) is 16.8 Å². The summed E-state index contributed by atoms with van der Waals surface area (Å²) in [4.78, 5) is 4.70. The summed E-state index contributed by atoms with van der Waals surface area (Å²) in [6.07, 6.45) is 8.05. The van der Waals surface area contributed by atoms with Gasteiger partial charge in [-0.2, -0.15) is 0 Å². The maximum atomic E-state index is 10.5. The van der Waals surface area contributed by atoms with Crippen molar-refractivity contribution in [3.63, 3.8) is 0 Å². The molecule has 3 rings (SSSR count). The van der Waals surface area contributed by atoms with E-state index in [0.29, 0.717) is 12.3 Å². The fraction of sp³-hybridized carbons (Fsp3) is 0.500. The average molecular weight is 301 g/mol. The fourth-order valence-corrected chi connectivity index (χ4v) is 4.04. The Morgan fingerprint density at radius 1 is 1.10 bits per heavy atom. The third-order valence-electron chi connectivity index (χ3n) is 4.45. The Hall–Kier alpha value is -1.19. The van der Waals surface area contributed by atoms with Gasteiger partial charge in [0, 0.05) is 17.4 Å². The smallest absolute Gasteiger partial charge is 0.0958 e.